The molecular weight excluding hydrogens is 351 g/mol. The lowest BCUT2D eigenvalue weighted by molar-refractivity contribution is 0.102. The molecule has 0 radical (unpaired) electrons. The second-order valence-electron chi connectivity index (χ2n) is 4.88. The third kappa shape index (κ3) is 4.10. The SMILES string of the molecule is O=C(Nc1ncc(Cc2ccccc2)s1)c1ccc(Cl)c(Cl)c1. The molecule has 0 saturated carbocycles. The second-order valence-corrected chi connectivity index (χ2v) is 6.81. The fraction of sp³-hybridized carbons (Fsp3) is 0.0588. The molecule has 0 saturated heterocycles. The third-order valence-electron chi connectivity index (χ3n) is 3.18. The lowest BCUT2D eigenvalue weighted by atomic mass is 10.1. The quantitative estimate of drug-likeness (QED) is 0.684. The Kier molecular flexibility index (Phi) is 4.96. The molecule has 0 unspecified atom stereocenters. The van der Waals surface area contributed by atoms with Crippen LogP contribution in [0.5, 0.6) is 0 Å². The number of nitrogens with zero attached hydrogens (tertiary/aromatic N) is 1. The fourth-order valence-corrected chi connectivity index (χ4v) is 3.19. The molecule has 2 aromatic carbocycles. The average Bonchev–Trinajstić information content (AvgIpc) is 2.98. The van der Waals surface area contributed by atoms with E-state index in [4.69, 9.17) is 23.2 Å². The van der Waals surface area contributed by atoms with Gasteiger partial charge in [-0.2, -0.15) is 0 Å². The number of halogens is 2. The summed E-state index contributed by atoms with van der Waals surface area (Å²) >= 11 is 13.2. The molecule has 0 bridgehead atoms. The molecule has 6 heteroatoms. The van der Waals surface area contributed by atoms with Gasteiger partial charge in [-0.15, -0.1) is 11.3 Å². The number of aromatic nitrogens is 1. The van der Waals surface area contributed by atoms with Crippen LogP contribution in [0.3, 0.4) is 0 Å². The number of rotatable bonds is 4. The predicted molar refractivity (Wildman–Crippen MR) is 95.8 cm³/mol. The summed E-state index contributed by atoms with van der Waals surface area (Å²) in [5, 5.41) is 4.11. The largest absolute Gasteiger partial charge is 0.298 e. The average molecular weight is 363 g/mol. The minimum Gasteiger partial charge on any atom is -0.298 e. The Hall–Kier alpha value is -1.88. The van der Waals surface area contributed by atoms with Gasteiger partial charge in [0.1, 0.15) is 0 Å². The van der Waals surface area contributed by atoms with Gasteiger partial charge < -0.3 is 0 Å². The molecule has 3 rings (SSSR count). The number of carbonyl (C=O) groups is 1. The maximum Gasteiger partial charge on any atom is 0.257 e. The zero-order chi connectivity index (χ0) is 16.2. The molecule has 3 aromatic rings. The first-order chi connectivity index (χ1) is 11.1. The summed E-state index contributed by atoms with van der Waals surface area (Å²) in [4.78, 5) is 17.5. The van der Waals surface area contributed by atoms with E-state index < -0.39 is 0 Å². The van der Waals surface area contributed by atoms with Crippen molar-refractivity contribution in [2.75, 3.05) is 5.32 Å². The summed E-state index contributed by atoms with van der Waals surface area (Å²) in [7, 11) is 0. The van der Waals surface area contributed by atoms with Crippen LogP contribution < -0.4 is 5.32 Å². The highest BCUT2D eigenvalue weighted by molar-refractivity contribution is 7.15. The van der Waals surface area contributed by atoms with Crippen LogP contribution in [0.2, 0.25) is 10.0 Å². The van der Waals surface area contributed by atoms with Crippen molar-refractivity contribution in [2.45, 2.75) is 6.42 Å². The molecule has 0 aliphatic heterocycles. The molecule has 1 amide bonds. The molecule has 0 aliphatic rings. The van der Waals surface area contributed by atoms with Crippen molar-refractivity contribution in [3.05, 3.63) is 80.8 Å². The normalized spacial score (nSPS) is 10.5. The van der Waals surface area contributed by atoms with E-state index in [1.165, 1.54) is 23.0 Å². The van der Waals surface area contributed by atoms with Gasteiger partial charge in [-0.3, -0.25) is 10.1 Å². The molecule has 23 heavy (non-hydrogen) atoms. The zero-order valence-corrected chi connectivity index (χ0v) is 14.3. The summed E-state index contributed by atoms with van der Waals surface area (Å²) in [6.07, 6.45) is 2.57. The summed E-state index contributed by atoms with van der Waals surface area (Å²) in [5.74, 6) is -0.260. The maximum atomic E-state index is 12.2. The highest BCUT2D eigenvalue weighted by Gasteiger charge is 2.11. The minimum absolute atomic E-state index is 0.260. The number of carbonyl (C=O) groups excluding carboxylic acids is 1. The van der Waals surface area contributed by atoms with Crippen LogP contribution in [0, 0.1) is 0 Å². The van der Waals surface area contributed by atoms with Crippen molar-refractivity contribution in [3.63, 3.8) is 0 Å². The lowest BCUT2D eigenvalue weighted by Gasteiger charge is -2.03. The molecule has 0 atom stereocenters. The molecule has 1 heterocycles. The second kappa shape index (κ2) is 7.13. The van der Waals surface area contributed by atoms with Gasteiger partial charge in [0.15, 0.2) is 5.13 Å². The molecule has 0 aliphatic carbocycles. The van der Waals surface area contributed by atoms with E-state index in [1.54, 1.807) is 18.3 Å². The van der Waals surface area contributed by atoms with E-state index >= 15 is 0 Å². The Labute approximate surface area is 147 Å². The zero-order valence-electron chi connectivity index (χ0n) is 11.9. The number of amides is 1. The minimum atomic E-state index is -0.260. The first-order valence-electron chi connectivity index (χ1n) is 6.87. The molecule has 1 N–H and O–H groups in total. The van der Waals surface area contributed by atoms with Crippen LogP contribution in [0.25, 0.3) is 0 Å². The summed E-state index contributed by atoms with van der Waals surface area (Å²) < 4.78 is 0. The van der Waals surface area contributed by atoms with Crippen LogP contribution in [-0.4, -0.2) is 10.9 Å². The smallest absolute Gasteiger partial charge is 0.257 e. The van der Waals surface area contributed by atoms with Crippen LogP contribution in [0.15, 0.2) is 54.7 Å². The molecule has 1 aromatic heterocycles. The van der Waals surface area contributed by atoms with Crippen LogP contribution in [0.1, 0.15) is 20.8 Å². The van der Waals surface area contributed by atoms with E-state index in [0.29, 0.717) is 20.7 Å². The number of hydrogen-bond donors (Lipinski definition) is 1. The van der Waals surface area contributed by atoms with Crippen molar-refractivity contribution in [1.29, 1.82) is 0 Å². The van der Waals surface area contributed by atoms with Gasteiger partial charge in [0.25, 0.3) is 5.91 Å². The van der Waals surface area contributed by atoms with Crippen molar-refractivity contribution >= 4 is 45.6 Å². The molecule has 0 fully saturated rings. The topological polar surface area (TPSA) is 42.0 Å². The van der Waals surface area contributed by atoms with E-state index in [2.05, 4.69) is 22.4 Å². The Morgan fingerprint density at radius 2 is 1.87 bits per heavy atom. The van der Waals surface area contributed by atoms with Gasteiger partial charge in [-0.1, -0.05) is 53.5 Å². The first-order valence-corrected chi connectivity index (χ1v) is 8.44. The van der Waals surface area contributed by atoms with Gasteiger partial charge in [0.05, 0.1) is 10.0 Å². The first kappa shape index (κ1) is 16.0. The third-order valence-corrected chi connectivity index (χ3v) is 4.83. The molecule has 0 spiro atoms. The molecule has 3 nitrogen and oxygen atoms in total. The predicted octanol–water partition coefficient (Wildman–Crippen LogP) is 5.29. The van der Waals surface area contributed by atoms with E-state index in [1.807, 2.05) is 18.2 Å². The molecule has 116 valence electrons. The Bertz CT molecular complexity index is 834. The van der Waals surface area contributed by atoms with Crippen molar-refractivity contribution < 1.29 is 4.79 Å². The standard InChI is InChI=1S/C17H12Cl2N2OS/c18-14-7-6-12(9-15(14)19)16(22)21-17-20-10-13(23-17)8-11-4-2-1-3-5-11/h1-7,9-10H,8H2,(H,20,21,22). The monoisotopic (exact) mass is 362 g/mol. The summed E-state index contributed by atoms with van der Waals surface area (Å²) in [6, 6.07) is 14.9. The fourth-order valence-electron chi connectivity index (χ4n) is 2.05. The highest BCUT2D eigenvalue weighted by Crippen LogP contribution is 2.24. The van der Waals surface area contributed by atoms with Crippen molar-refractivity contribution in [1.82, 2.24) is 4.98 Å². The Morgan fingerprint density at radius 1 is 1.09 bits per heavy atom. The summed E-state index contributed by atoms with van der Waals surface area (Å²) in [6.45, 7) is 0. The van der Waals surface area contributed by atoms with Gasteiger partial charge in [-0.05, 0) is 23.8 Å². The lowest BCUT2D eigenvalue weighted by Crippen LogP contribution is -2.11. The van der Waals surface area contributed by atoms with Crippen molar-refractivity contribution in [2.24, 2.45) is 0 Å². The van der Waals surface area contributed by atoms with E-state index in [-0.39, 0.29) is 5.91 Å². The number of thiazole rings is 1. The van der Waals surface area contributed by atoms with Gasteiger partial charge in [0, 0.05) is 23.1 Å². The van der Waals surface area contributed by atoms with Crippen LogP contribution >= 0.6 is 34.5 Å². The highest BCUT2D eigenvalue weighted by atomic mass is 35.5. The van der Waals surface area contributed by atoms with E-state index in [9.17, 15) is 4.79 Å². The maximum absolute atomic E-state index is 12.2. The van der Waals surface area contributed by atoms with Gasteiger partial charge >= 0.3 is 0 Å². The van der Waals surface area contributed by atoms with E-state index in [0.717, 1.165) is 11.3 Å². The number of anilines is 1. The van der Waals surface area contributed by atoms with Gasteiger partial charge in [-0.25, -0.2) is 4.98 Å². The van der Waals surface area contributed by atoms with Crippen LogP contribution in [-0.2, 0) is 6.42 Å². The van der Waals surface area contributed by atoms with Gasteiger partial charge in [0.2, 0.25) is 0 Å². The Morgan fingerprint density at radius 3 is 2.61 bits per heavy atom. The molecular formula is C17H12Cl2N2OS. The number of hydrogen-bond acceptors (Lipinski definition) is 3. The van der Waals surface area contributed by atoms with Crippen molar-refractivity contribution in [3.8, 4) is 0 Å². The summed E-state index contributed by atoms with van der Waals surface area (Å²) in [5.41, 5.74) is 1.65. The van der Waals surface area contributed by atoms with Crippen LogP contribution in [0.4, 0.5) is 5.13 Å². The Balaban J connectivity index is 1.68. The number of nitrogens with one attached hydrogen (secondary N) is 1. The number of benzene rings is 2.